The van der Waals surface area contributed by atoms with Crippen LogP contribution in [-0.2, 0) is 21.5 Å². The summed E-state index contributed by atoms with van der Waals surface area (Å²) in [5, 5.41) is 18.8. The minimum Gasteiger partial charge on any atom is -0.355 e. The molecule has 2 saturated heterocycles. The topological polar surface area (TPSA) is 120 Å². The number of aromatic nitrogens is 1. The van der Waals surface area contributed by atoms with Crippen molar-refractivity contribution in [2.75, 3.05) is 19.6 Å². The molecule has 4 aromatic rings. The van der Waals surface area contributed by atoms with Gasteiger partial charge in [-0.2, -0.15) is 0 Å². The van der Waals surface area contributed by atoms with Crippen LogP contribution in [0.15, 0.2) is 48.5 Å². The molecule has 0 radical (unpaired) electrons. The number of nitro benzene ring substituents is 1. The molecule has 7 rings (SSSR count). The molecule has 10 heteroatoms. The number of fused-ring (bicyclic) bond motifs is 3. The van der Waals surface area contributed by atoms with Crippen molar-refractivity contribution in [3.63, 3.8) is 0 Å². The van der Waals surface area contributed by atoms with E-state index in [1.807, 2.05) is 17.4 Å². The summed E-state index contributed by atoms with van der Waals surface area (Å²) < 4.78 is 0. The zero-order valence-electron chi connectivity index (χ0n) is 28.4. The van der Waals surface area contributed by atoms with Crippen molar-refractivity contribution in [1.82, 2.24) is 20.5 Å². The van der Waals surface area contributed by atoms with Crippen molar-refractivity contribution in [3.8, 4) is 11.3 Å². The van der Waals surface area contributed by atoms with E-state index >= 15 is 0 Å². The molecule has 3 unspecified atom stereocenters. The van der Waals surface area contributed by atoms with Crippen LogP contribution in [0.5, 0.6) is 0 Å². The molecule has 9 nitrogen and oxygen atoms in total. The maximum atomic E-state index is 13.3. The number of nitrogens with zero attached hydrogens (tertiary/aromatic N) is 2. The number of carbonyl (C=O) groups excluding carboxylic acids is 2. The number of benzene rings is 2. The van der Waals surface area contributed by atoms with E-state index in [0.717, 1.165) is 40.9 Å². The summed E-state index contributed by atoms with van der Waals surface area (Å²) in [5.41, 5.74) is 6.83. The number of amides is 2. The maximum Gasteiger partial charge on any atom is 0.269 e. The number of piperidine rings is 1. The molecule has 252 valence electrons. The third kappa shape index (κ3) is 6.16. The lowest BCUT2D eigenvalue weighted by atomic mass is 9.77. The number of rotatable bonds is 11. The predicted octanol–water partition coefficient (Wildman–Crippen LogP) is 6.97. The van der Waals surface area contributed by atoms with E-state index in [0.29, 0.717) is 38.1 Å². The third-order valence-electron chi connectivity index (χ3n) is 10.9. The quantitative estimate of drug-likeness (QED) is 0.118. The lowest BCUT2D eigenvalue weighted by Crippen LogP contribution is -2.53. The molecular weight excluding hydrogens is 623 g/mol. The fourth-order valence-electron chi connectivity index (χ4n) is 8.42. The van der Waals surface area contributed by atoms with Crippen molar-refractivity contribution < 1.29 is 14.5 Å². The summed E-state index contributed by atoms with van der Waals surface area (Å²) >= 11 is 1.82. The van der Waals surface area contributed by atoms with Crippen LogP contribution in [0.1, 0.15) is 73.1 Å². The van der Waals surface area contributed by atoms with E-state index in [4.69, 9.17) is 0 Å². The SMILES string of the molecule is Cc1cc(C)cc(-c2[nH]c3sc(C(C)(C)CC4C5CCC4C(=O)N5)cc3c2[C@H](C)CNC(=O)C2CN(Cc3cccc([N+](=O)[O-])c3)C2)c1. The number of carbonyl (C=O) groups is 2. The first-order chi connectivity index (χ1) is 22.9. The van der Waals surface area contributed by atoms with Crippen molar-refractivity contribution in [3.05, 3.63) is 85.8 Å². The lowest BCUT2D eigenvalue weighted by Gasteiger charge is -2.38. The van der Waals surface area contributed by atoms with Gasteiger partial charge >= 0.3 is 0 Å². The molecular formula is C38H45N5O4S. The zero-order chi connectivity index (χ0) is 33.9. The molecule has 48 heavy (non-hydrogen) atoms. The van der Waals surface area contributed by atoms with E-state index in [-0.39, 0.29) is 45.6 Å². The Morgan fingerprint density at radius 3 is 2.54 bits per heavy atom. The summed E-state index contributed by atoms with van der Waals surface area (Å²) in [5.74, 6) is 0.800. The number of aromatic amines is 1. The van der Waals surface area contributed by atoms with Gasteiger partial charge in [0.25, 0.3) is 5.69 Å². The Bertz CT molecular complexity index is 1880. The van der Waals surface area contributed by atoms with E-state index in [2.05, 4.69) is 79.4 Å². The summed E-state index contributed by atoms with van der Waals surface area (Å²) in [7, 11) is 0. The second-order valence-electron chi connectivity index (χ2n) is 15.2. The number of hydrogen-bond acceptors (Lipinski definition) is 6. The number of nitro groups is 1. The van der Waals surface area contributed by atoms with Crippen LogP contribution in [0.3, 0.4) is 0 Å². The number of aryl methyl sites for hydroxylation is 2. The molecule has 0 spiro atoms. The fraction of sp³-hybridized carbons (Fsp3) is 0.474. The Labute approximate surface area is 285 Å². The van der Waals surface area contributed by atoms with Gasteiger partial charge in [-0.25, -0.2) is 0 Å². The Hall–Kier alpha value is -4.02. The number of nitrogens with one attached hydrogen (secondary N) is 3. The third-order valence-corrected chi connectivity index (χ3v) is 12.3. The van der Waals surface area contributed by atoms with Gasteiger partial charge in [-0.1, -0.05) is 50.1 Å². The highest BCUT2D eigenvalue weighted by Crippen LogP contribution is 2.48. The molecule has 2 bridgehead atoms. The van der Waals surface area contributed by atoms with Gasteiger partial charge in [-0.05, 0) is 79.3 Å². The average molecular weight is 668 g/mol. The monoisotopic (exact) mass is 667 g/mol. The molecule has 3 fully saturated rings. The molecule has 3 aliphatic rings. The Morgan fingerprint density at radius 1 is 1.12 bits per heavy atom. The Kier molecular flexibility index (Phi) is 8.44. The van der Waals surface area contributed by atoms with Crippen LogP contribution in [-0.4, -0.2) is 52.3 Å². The summed E-state index contributed by atoms with van der Waals surface area (Å²) in [6, 6.07) is 16.0. The first-order valence-corrected chi connectivity index (χ1v) is 18.0. The van der Waals surface area contributed by atoms with Gasteiger partial charge in [-0.15, -0.1) is 11.3 Å². The zero-order valence-corrected chi connectivity index (χ0v) is 29.2. The van der Waals surface area contributed by atoms with Crippen LogP contribution in [0.25, 0.3) is 21.5 Å². The number of hydrogen-bond donors (Lipinski definition) is 3. The summed E-state index contributed by atoms with van der Waals surface area (Å²) in [6.07, 6.45) is 3.08. The van der Waals surface area contributed by atoms with E-state index in [1.54, 1.807) is 12.1 Å². The molecule has 1 saturated carbocycles. The smallest absolute Gasteiger partial charge is 0.269 e. The van der Waals surface area contributed by atoms with Gasteiger partial charge in [0.2, 0.25) is 11.8 Å². The lowest BCUT2D eigenvalue weighted by molar-refractivity contribution is -0.384. The Morgan fingerprint density at radius 2 is 1.88 bits per heavy atom. The van der Waals surface area contributed by atoms with Crippen LogP contribution in [0.4, 0.5) is 5.69 Å². The van der Waals surface area contributed by atoms with Gasteiger partial charge in [0.15, 0.2) is 0 Å². The van der Waals surface area contributed by atoms with E-state index < -0.39 is 0 Å². The standard InChI is InChI=1S/C38H45N5O4S/c1-21-11-22(2)13-25(12-21)34-33(23(3)17-39-35(44)26-19-42(20-26)18-24-7-6-8-27(14-24)43(46)47)29-15-32(48-37(29)41-34)38(4,5)16-30-28-9-10-31(30)40-36(28)45/h6-8,11-15,23,26,28,30-31,41H,9-10,16-20H2,1-5H3,(H,39,44)(H,40,45)/t23-,28?,30?,31?/m1/s1. The van der Waals surface area contributed by atoms with Crippen molar-refractivity contribution >= 4 is 39.1 Å². The first-order valence-electron chi connectivity index (χ1n) is 17.1. The summed E-state index contributed by atoms with van der Waals surface area (Å²) in [6.45, 7) is 13.5. The molecule has 2 aliphatic heterocycles. The van der Waals surface area contributed by atoms with E-state index in [9.17, 15) is 19.7 Å². The average Bonchev–Trinajstić information content (AvgIpc) is 3.76. The van der Waals surface area contributed by atoms with Crippen LogP contribution >= 0.6 is 11.3 Å². The van der Waals surface area contributed by atoms with Gasteiger partial charge in [0, 0.05) is 66.5 Å². The van der Waals surface area contributed by atoms with Gasteiger partial charge in [0.05, 0.1) is 16.5 Å². The number of non-ortho nitro benzene ring substituents is 1. The number of thiophene rings is 1. The molecule has 2 aromatic carbocycles. The van der Waals surface area contributed by atoms with Gasteiger partial charge in [0.1, 0.15) is 4.83 Å². The number of likely N-dealkylation sites (tertiary alicyclic amines) is 1. The first kappa shape index (κ1) is 32.5. The highest BCUT2D eigenvalue weighted by molar-refractivity contribution is 7.18. The van der Waals surface area contributed by atoms with Gasteiger partial charge in [-0.3, -0.25) is 24.6 Å². The van der Waals surface area contributed by atoms with Crippen LogP contribution in [0, 0.1) is 41.7 Å². The minimum absolute atomic E-state index is 0.0540. The maximum absolute atomic E-state index is 13.3. The van der Waals surface area contributed by atoms with Crippen molar-refractivity contribution in [1.29, 1.82) is 0 Å². The fourth-order valence-corrected chi connectivity index (χ4v) is 9.61. The van der Waals surface area contributed by atoms with Crippen LogP contribution in [0.2, 0.25) is 0 Å². The van der Waals surface area contributed by atoms with E-state index in [1.165, 1.54) is 33.0 Å². The normalized spacial score (nSPS) is 21.8. The summed E-state index contributed by atoms with van der Waals surface area (Å²) in [4.78, 5) is 44.9. The molecule has 3 N–H and O–H groups in total. The molecule has 4 atom stereocenters. The second-order valence-corrected chi connectivity index (χ2v) is 16.2. The van der Waals surface area contributed by atoms with Crippen LogP contribution < -0.4 is 10.6 Å². The highest BCUT2D eigenvalue weighted by atomic mass is 32.1. The Balaban J connectivity index is 1.08. The second kappa shape index (κ2) is 12.5. The minimum atomic E-state index is -0.376. The molecule has 2 aromatic heterocycles. The predicted molar refractivity (Wildman–Crippen MR) is 190 cm³/mol. The highest BCUT2D eigenvalue weighted by Gasteiger charge is 2.49. The van der Waals surface area contributed by atoms with Gasteiger partial charge < -0.3 is 15.6 Å². The molecule has 4 heterocycles. The molecule has 1 aliphatic carbocycles. The molecule has 2 amide bonds. The van der Waals surface area contributed by atoms with Crippen molar-refractivity contribution in [2.45, 2.75) is 77.8 Å². The number of H-pyrrole nitrogens is 1. The largest absolute Gasteiger partial charge is 0.355 e. The van der Waals surface area contributed by atoms with Crippen molar-refractivity contribution in [2.24, 2.45) is 17.8 Å².